The van der Waals surface area contributed by atoms with Crippen molar-refractivity contribution in [3.8, 4) is 0 Å². The number of amides is 1. The van der Waals surface area contributed by atoms with E-state index in [9.17, 15) is 4.79 Å². The van der Waals surface area contributed by atoms with E-state index in [-0.39, 0.29) is 18.6 Å². The van der Waals surface area contributed by atoms with Crippen molar-refractivity contribution in [2.24, 2.45) is 0 Å². The van der Waals surface area contributed by atoms with Crippen molar-refractivity contribution in [1.82, 2.24) is 15.5 Å². The molecule has 5 heteroatoms. The minimum absolute atomic E-state index is 0.0181. The quantitative estimate of drug-likeness (QED) is 0.731. The van der Waals surface area contributed by atoms with Crippen molar-refractivity contribution in [3.05, 3.63) is 0 Å². The van der Waals surface area contributed by atoms with Crippen LogP contribution in [-0.2, 0) is 9.53 Å². The predicted molar refractivity (Wildman–Crippen MR) is 75.1 cm³/mol. The standard InChI is InChI=1S/C14H27N3O2/c1-12(17-8-2-3-9-17)10-16-14(18)11-19-13-4-6-15-7-5-13/h12-13,15H,2-11H2,1H3,(H,16,18). The Hall–Kier alpha value is -0.650. The predicted octanol–water partition coefficient (Wildman–Crippen LogP) is 0.356. The third-order valence-corrected chi connectivity index (χ3v) is 4.09. The number of nitrogens with one attached hydrogen (secondary N) is 2. The van der Waals surface area contributed by atoms with Crippen molar-refractivity contribution >= 4 is 5.91 Å². The van der Waals surface area contributed by atoms with E-state index < -0.39 is 0 Å². The molecule has 2 rings (SSSR count). The van der Waals surface area contributed by atoms with Crippen molar-refractivity contribution in [2.45, 2.75) is 44.8 Å². The summed E-state index contributed by atoms with van der Waals surface area (Å²) in [4.78, 5) is 14.2. The maximum absolute atomic E-state index is 11.7. The highest BCUT2D eigenvalue weighted by molar-refractivity contribution is 5.77. The van der Waals surface area contributed by atoms with Crippen LogP contribution in [0, 0.1) is 0 Å². The fourth-order valence-electron chi connectivity index (χ4n) is 2.78. The molecule has 5 nitrogen and oxygen atoms in total. The van der Waals surface area contributed by atoms with Gasteiger partial charge >= 0.3 is 0 Å². The van der Waals surface area contributed by atoms with E-state index in [1.165, 1.54) is 25.9 Å². The van der Waals surface area contributed by atoms with Crippen LogP contribution in [-0.4, -0.2) is 62.3 Å². The zero-order valence-corrected chi connectivity index (χ0v) is 12.0. The van der Waals surface area contributed by atoms with E-state index in [2.05, 4.69) is 22.5 Å². The molecule has 110 valence electrons. The van der Waals surface area contributed by atoms with Gasteiger partial charge in [0.05, 0.1) is 6.10 Å². The van der Waals surface area contributed by atoms with Gasteiger partial charge in [-0.1, -0.05) is 0 Å². The highest BCUT2D eigenvalue weighted by Gasteiger charge is 2.19. The molecule has 1 atom stereocenters. The van der Waals surface area contributed by atoms with Gasteiger partial charge in [-0.15, -0.1) is 0 Å². The van der Waals surface area contributed by atoms with Gasteiger partial charge in [0.1, 0.15) is 6.61 Å². The molecule has 0 aromatic carbocycles. The molecule has 2 saturated heterocycles. The van der Waals surface area contributed by atoms with E-state index in [0.717, 1.165) is 32.5 Å². The molecule has 2 fully saturated rings. The van der Waals surface area contributed by atoms with Gasteiger partial charge in [0.25, 0.3) is 0 Å². The Morgan fingerprint density at radius 1 is 1.37 bits per heavy atom. The summed E-state index contributed by atoms with van der Waals surface area (Å²) in [5.41, 5.74) is 0. The van der Waals surface area contributed by atoms with Gasteiger partial charge in [-0.25, -0.2) is 0 Å². The van der Waals surface area contributed by atoms with Crippen molar-refractivity contribution in [1.29, 1.82) is 0 Å². The van der Waals surface area contributed by atoms with Crippen LogP contribution < -0.4 is 10.6 Å². The number of hydrogen-bond donors (Lipinski definition) is 2. The van der Waals surface area contributed by atoms with Gasteiger partial charge in [-0.05, 0) is 58.8 Å². The summed E-state index contributed by atoms with van der Waals surface area (Å²) < 4.78 is 5.64. The summed E-state index contributed by atoms with van der Waals surface area (Å²) in [7, 11) is 0. The third kappa shape index (κ3) is 5.09. The topological polar surface area (TPSA) is 53.6 Å². The van der Waals surface area contributed by atoms with E-state index in [1.54, 1.807) is 0 Å². The monoisotopic (exact) mass is 269 g/mol. The molecular weight excluding hydrogens is 242 g/mol. The molecule has 19 heavy (non-hydrogen) atoms. The summed E-state index contributed by atoms with van der Waals surface area (Å²) in [6, 6.07) is 0.435. The average molecular weight is 269 g/mol. The van der Waals surface area contributed by atoms with E-state index in [0.29, 0.717) is 6.04 Å². The number of piperidine rings is 1. The normalized spacial score (nSPS) is 23.4. The van der Waals surface area contributed by atoms with Gasteiger partial charge < -0.3 is 15.4 Å². The second kappa shape index (κ2) is 7.82. The first-order valence-corrected chi connectivity index (χ1v) is 7.59. The van der Waals surface area contributed by atoms with Gasteiger partial charge in [0, 0.05) is 12.6 Å². The number of carbonyl (C=O) groups is 1. The number of hydrogen-bond acceptors (Lipinski definition) is 4. The van der Waals surface area contributed by atoms with Gasteiger partial charge in [0.15, 0.2) is 0 Å². The van der Waals surface area contributed by atoms with E-state index in [1.807, 2.05) is 0 Å². The first-order valence-electron chi connectivity index (χ1n) is 7.59. The highest BCUT2D eigenvalue weighted by atomic mass is 16.5. The minimum atomic E-state index is 0.0181. The lowest BCUT2D eigenvalue weighted by molar-refractivity contribution is -0.128. The van der Waals surface area contributed by atoms with Crippen molar-refractivity contribution in [2.75, 3.05) is 39.3 Å². The fourth-order valence-corrected chi connectivity index (χ4v) is 2.78. The second-order valence-electron chi connectivity index (χ2n) is 5.66. The molecule has 2 N–H and O–H groups in total. The van der Waals surface area contributed by atoms with E-state index >= 15 is 0 Å². The summed E-state index contributed by atoms with van der Waals surface area (Å²) in [5, 5.41) is 6.27. The molecule has 1 amide bonds. The summed E-state index contributed by atoms with van der Waals surface area (Å²) >= 11 is 0. The maximum atomic E-state index is 11.7. The maximum Gasteiger partial charge on any atom is 0.246 e. The zero-order chi connectivity index (χ0) is 13.5. The summed E-state index contributed by atoms with van der Waals surface area (Å²) in [6.45, 7) is 7.45. The Labute approximate surface area is 116 Å². The number of rotatable bonds is 6. The largest absolute Gasteiger partial charge is 0.368 e. The molecule has 0 bridgehead atoms. The minimum Gasteiger partial charge on any atom is -0.368 e. The van der Waals surface area contributed by atoms with Crippen LogP contribution in [0.3, 0.4) is 0 Å². The zero-order valence-electron chi connectivity index (χ0n) is 12.0. The Balaban J connectivity index is 1.55. The van der Waals surface area contributed by atoms with Crippen LogP contribution >= 0.6 is 0 Å². The van der Waals surface area contributed by atoms with Crippen LogP contribution in [0.4, 0.5) is 0 Å². The molecule has 2 aliphatic heterocycles. The summed E-state index contributed by atoms with van der Waals surface area (Å²) in [5.74, 6) is 0.0181. The summed E-state index contributed by atoms with van der Waals surface area (Å²) in [6.07, 6.45) is 4.85. The first kappa shape index (κ1) is 14.8. The number of ether oxygens (including phenoxy) is 1. The molecule has 1 unspecified atom stereocenters. The molecule has 0 aliphatic carbocycles. The van der Waals surface area contributed by atoms with Crippen LogP contribution in [0.25, 0.3) is 0 Å². The smallest absolute Gasteiger partial charge is 0.246 e. The average Bonchev–Trinajstić information content (AvgIpc) is 2.98. The molecule has 0 saturated carbocycles. The lowest BCUT2D eigenvalue weighted by Crippen LogP contribution is -2.42. The van der Waals surface area contributed by atoms with Gasteiger partial charge in [-0.2, -0.15) is 0 Å². The molecule has 2 heterocycles. The lowest BCUT2D eigenvalue weighted by Gasteiger charge is -2.25. The lowest BCUT2D eigenvalue weighted by atomic mass is 10.1. The van der Waals surface area contributed by atoms with Gasteiger partial charge in [-0.3, -0.25) is 9.69 Å². The van der Waals surface area contributed by atoms with Crippen molar-refractivity contribution in [3.63, 3.8) is 0 Å². The molecule has 0 aromatic rings. The highest BCUT2D eigenvalue weighted by Crippen LogP contribution is 2.10. The van der Waals surface area contributed by atoms with Crippen LogP contribution in [0.5, 0.6) is 0 Å². The van der Waals surface area contributed by atoms with Crippen LogP contribution in [0.15, 0.2) is 0 Å². The number of likely N-dealkylation sites (tertiary alicyclic amines) is 1. The Bertz CT molecular complexity index is 274. The third-order valence-electron chi connectivity index (χ3n) is 4.09. The fraction of sp³-hybridized carbons (Fsp3) is 0.929. The Morgan fingerprint density at radius 3 is 2.74 bits per heavy atom. The molecule has 0 spiro atoms. The van der Waals surface area contributed by atoms with Crippen LogP contribution in [0.2, 0.25) is 0 Å². The Kier molecular flexibility index (Phi) is 6.07. The van der Waals surface area contributed by atoms with Crippen molar-refractivity contribution < 1.29 is 9.53 Å². The SMILES string of the molecule is CC(CNC(=O)COC1CCNCC1)N1CCCC1. The molecule has 0 radical (unpaired) electrons. The molecule has 0 aromatic heterocycles. The molecular formula is C14H27N3O2. The van der Waals surface area contributed by atoms with E-state index in [4.69, 9.17) is 4.74 Å². The molecule has 2 aliphatic rings. The first-order chi connectivity index (χ1) is 9.25. The number of nitrogens with zero attached hydrogens (tertiary/aromatic N) is 1. The van der Waals surface area contributed by atoms with Crippen LogP contribution in [0.1, 0.15) is 32.6 Å². The number of carbonyl (C=O) groups excluding carboxylic acids is 1. The second-order valence-corrected chi connectivity index (χ2v) is 5.66. The Morgan fingerprint density at radius 2 is 2.05 bits per heavy atom. The van der Waals surface area contributed by atoms with Gasteiger partial charge in [0.2, 0.25) is 5.91 Å².